The maximum Gasteiger partial charge on any atom is 1.00 e. The second kappa shape index (κ2) is 6.25. The molecule has 0 fully saturated rings. The van der Waals surface area contributed by atoms with Crippen molar-refractivity contribution in [1.82, 2.24) is 0 Å². The molecule has 0 aliphatic rings. The van der Waals surface area contributed by atoms with Gasteiger partial charge in [0.2, 0.25) is 0 Å². The number of hydrogen-bond donors (Lipinski definition) is 0. The molecule has 0 bridgehead atoms. The van der Waals surface area contributed by atoms with E-state index in [1.165, 1.54) is 0 Å². The quantitative estimate of drug-likeness (QED) is 0.405. The third-order valence-electron chi connectivity index (χ3n) is 1.82. The number of alkyl halides is 11. The predicted molar refractivity (Wildman–Crippen MR) is 35.5 cm³/mol. The molecule has 0 atom stereocenters. The molecule has 0 aromatic rings. The minimum atomic E-state index is -7.90. The fraction of sp³-hybridized carbons (Fsp3) is 1.00. The van der Waals surface area contributed by atoms with Gasteiger partial charge in [-0.1, -0.05) is 0 Å². The van der Waals surface area contributed by atoms with E-state index in [9.17, 15) is 61.3 Å². The Bertz CT molecular complexity index is 481. The van der Waals surface area contributed by atoms with Gasteiger partial charge in [-0.05, 0) is 0 Å². The molecule has 0 spiro atoms. The van der Waals surface area contributed by atoms with Gasteiger partial charge in [0.05, 0.1) is 0 Å². The minimum Gasteiger partial charge on any atom is -0.743 e. The van der Waals surface area contributed by atoms with E-state index >= 15 is 0 Å². The summed E-state index contributed by atoms with van der Waals surface area (Å²) in [4.78, 5) is 0. The molecule has 122 valence electrons. The van der Waals surface area contributed by atoms with Crippen LogP contribution >= 0.6 is 0 Å². The van der Waals surface area contributed by atoms with Crippen molar-refractivity contribution in [1.29, 1.82) is 0 Å². The molecule has 16 heteroatoms. The largest absolute Gasteiger partial charge is 1.00 e. The molecule has 0 aliphatic heterocycles. The Hall–Kier alpha value is 1.19. The molecule has 0 aromatic heterocycles. The van der Waals surface area contributed by atoms with Crippen molar-refractivity contribution in [2.24, 2.45) is 0 Å². The zero-order chi connectivity index (χ0) is 17.0. The van der Waals surface area contributed by atoms with Crippen LogP contribution in [0.5, 0.6) is 0 Å². The van der Waals surface area contributed by atoms with Gasteiger partial charge in [-0.2, -0.15) is 48.3 Å². The third kappa shape index (κ3) is 3.66. The number of hydrogen-bond acceptors (Lipinski definition) is 3. The Morgan fingerprint density at radius 3 is 1.10 bits per heavy atom. The van der Waals surface area contributed by atoms with Gasteiger partial charge in [0, 0.05) is 0 Å². The maximum atomic E-state index is 12.4. The van der Waals surface area contributed by atoms with Crippen molar-refractivity contribution >= 4 is 10.1 Å². The summed E-state index contributed by atoms with van der Waals surface area (Å²) in [6.45, 7) is 0. The van der Waals surface area contributed by atoms with Gasteiger partial charge < -0.3 is 4.55 Å². The van der Waals surface area contributed by atoms with Gasteiger partial charge in [-0.3, -0.25) is 0 Å². The van der Waals surface area contributed by atoms with Gasteiger partial charge in [-0.15, -0.1) is 0 Å². The molecule has 0 radical (unpaired) electrons. The zero-order valence-electron chi connectivity index (χ0n) is 9.29. The Labute approximate surface area is 167 Å². The maximum absolute atomic E-state index is 12.4. The van der Waals surface area contributed by atoms with Crippen molar-refractivity contribution in [2.45, 2.75) is 29.2 Å². The standard InChI is InChI=1S/C5HF11O3S.Cs/c6-1(7,2(8,9)4(12,13)14)3(10,11)5(15,16)20(17,18)19;/h(H,17,18,19);/q;+1/p-1. The molecule has 0 rings (SSSR count). The van der Waals surface area contributed by atoms with Crippen LogP contribution in [0, 0.1) is 0 Å². The van der Waals surface area contributed by atoms with E-state index in [1.54, 1.807) is 0 Å². The van der Waals surface area contributed by atoms with E-state index in [0.717, 1.165) is 0 Å². The molecule has 0 N–H and O–H groups in total. The van der Waals surface area contributed by atoms with E-state index in [-0.39, 0.29) is 68.9 Å². The van der Waals surface area contributed by atoms with Crippen molar-refractivity contribution in [2.75, 3.05) is 0 Å². The molecule has 0 saturated heterocycles. The summed E-state index contributed by atoms with van der Waals surface area (Å²) >= 11 is 0. The van der Waals surface area contributed by atoms with Gasteiger partial charge >= 0.3 is 98.1 Å². The number of halogens is 11. The fourth-order valence-electron chi connectivity index (χ4n) is 0.715. The molecule has 3 nitrogen and oxygen atoms in total. The normalized spacial score (nSPS) is 15.6. The number of rotatable bonds is 4. The first-order valence-electron chi connectivity index (χ1n) is 3.78. The first kappa shape index (κ1) is 24.4. The molecule has 0 aliphatic carbocycles. The smallest absolute Gasteiger partial charge is 0.743 e. The van der Waals surface area contributed by atoms with Crippen LogP contribution in [0.15, 0.2) is 0 Å². The fourth-order valence-corrected chi connectivity index (χ4v) is 1.16. The molecular weight excluding hydrogens is 482 g/mol. The summed E-state index contributed by atoms with van der Waals surface area (Å²) in [7, 11) is -7.66. The van der Waals surface area contributed by atoms with Crippen LogP contribution in [0.2, 0.25) is 0 Å². The van der Waals surface area contributed by atoms with Crippen LogP contribution in [0.4, 0.5) is 48.3 Å². The monoisotopic (exact) mass is 482 g/mol. The average molecular weight is 482 g/mol. The van der Waals surface area contributed by atoms with Gasteiger partial charge in [0.15, 0.2) is 10.1 Å². The second-order valence-electron chi connectivity index (χ2n) is 3.19. The Morgan fingerprint density at radius 2 is 0.905 bits per heavy atom. The summed E-state index contributed by atoms with van der Waals surface area (Å²) in [5.74, 6) is -23.4. The van der Waals surface area contributed by atoms with Crippen molar-refractivity contribution < 1.29 is 130 Å². The summed E-state index contributed by atoms with van der Waals surface area (Å²) in [6, 6.07) is 0. The Morgan fingerprint density at radius 1 is 0.619 bits per heavy atom. The SMILES string of the molecule is O=S(=O)([O-])C(F)(F)C(F)(F)C(F)(F)C(F)(F)C(F)(F)F.[Cs+]. The molecule has 0 amide bonds. The second-order valence-corrected chi connectivity index (χ2v) is 4.61. The summed E-state index contributed by atoms with van der Waals surface area (Å²) in [5.41, 5.74) is 0. The van der Waals surface area contributed by atoms with Crippen molar-refractivity contribution in [3.05, 3.63) is 0 Å². The van der Waals surface area contributed by atoms with E-state index in [2.05, 4.69) is 0 Å². The van der Waals surface area contributed by atoms with Crippen molar-refractivity contribution in [3.63, 3.8) is 0 Å². The predicted octanol–water partition coefficient (Wildman–Crippen LogP) is -0.403. The van der Waals surface area contributed by atoms with Gasteiger partial charge in [0.1, 0.15) is 0 Å². The molecule has 21 heavy (non-hydrogen) atoms. The first-order valence-corrected chi connectivity index (χ1v) is 5.19. The Balaban J connectivity index is 0. The van der Waals surface area contributed by atoms with E-state index in [4.69, 9.17) is 0 Å². The van der Waals surface area contributed by atoms with Crippen LogP contribution in [0.1, 0.15) is 0 Å². The topological polar surface area (TPSA) is 57.2 Å². The van der Waals surface area contributed by atoms with Crippen LogP contribution in [0.3, 0.4) is 0 Å². The molecule has 0 unspecified atom stereocenters. The first-order chi connectivity index (χ1) is 8.25. The van der Waals surface area contributed by atoms with E-state index in [0.29, 0.717) is 0 Å². The van der Waals surface area contributed by atoms with E-state index < -0.39 is 39.3 Å². The molecule has 0 saturated carbocycles. The zero-order valence-corrected chi connectivity index (χ0v) is 16.4. The molecular formula is C5CsF11O3S. The molecule has 0 aromatic carbocycles. The van der Waals surface area contributed by atoms with Crippen LogP contribution in [0.25, 0.3) is 0 Å². The van der Waals surface area contributed by atoms with Crippen LogP contribution in [-0.4, -0.2) is 42.2 Å². The summed E-state index contributed by atoms with van der Waals surface area (Å²) < 4.78 is 162. The van der Waals surface area contributed by atoms with Crippen LogP contribution < -0.4 is 68.9 Å². The molecule has 0 heterocycles. The van der Waals surface area contributed by atoms with Crippen LogP contribution in [-0.2, 0) is 10.1 Å². The summed E-state index contributed by atoms with van der Waals surface area (Å²) in [5, 5.41) is -7.40. The van der Waals surface area contributed by atoms with Gasteiger partial charge in [0.25, 0.3) is 0 Å². The third-order valence-corrected chi connectivity index (χ3v) is 2.71. The van der Waals surface area contributed by atoms with Gasteiger partial charge in [-0.25, -0.2) is 8.42 Å². The Kier molecular flexibility index (Phi) is 7.27. The minimum absolute atomic E-state index is 0. The van der Waals surface area contributed by atoms with Crippen molar-refractivity contribution in [3.8, 4) is 0 Å². The average Bonchev–Trinajstić information content (AvgIpc) is 2.12. The summed E-state index contributed by atoms with van der Waals surface area (Å²) in [6.07, 6.45) is -7.41. The van der Waals surface area contributed by atoms with E-state index in [1.807, 2.05) is 0 Å².